The predicted octanol–water partition coefficient (Wildman–Crippen LogP) is 3.13. The molecule has 0 nitrogen and oxygen atoms in total. The van der Waals surface area contributed by atoms with Crippen molar-refractivity contribution in [1.29, 1.82) is 0 Å². The van der Waals surface area contributed by atoms with Crippen molar-refractivity contribution in [3.05, 3.63) is 76.9 Å². The molecule has 5 rings (SSSR count). The summed E-state index contributed by atoms with van der Waals surface area (Å²) in [6.45, 7) is 18.3. The molecule has 1 saturated carbocycles. The molecule has 1 fully saturated rings. The minimum absolute atomic E-state index is 0. The summed E-state index contributed by atoms with van der Waals surface area (Å²) < 4.78 is 1.78. The van der Waals surface area contributed by atoms with Crippen LogP contribution in [0.5, 0.6) is 0 Å². The summed E-state index contributed by atoms with van der Waals surface area (Å²) in [6, 6.07) is 11.9. The van der Waals surface area contributed by atoms with Crippen molar-refractivity contribution < 1.29 is 49.0 Å². The summed E-state index contributed by atoms with van der Waals surface area (Å²) in [5.74, 6) is 0. The third-order valence-electron chi connectivity index (χ3n) is 6.55. The van der Waals surface area contributed by atoms with Crippen LogP contribution in [0.1, 0.15) is 89.5 Å². The van der Waals surface area contributed by atoms with Gasteiger partial charge >= 0.3 is 46.7 Å². The Morgan fingerprint density at radius 3 is 1.43 bits per heavy atom. The Morgan fingerprint density at radius 1 is 0.771 bits per heavy atom. The molecule has 35 heavy (non-hydrogen) atoms. The Labute approximate surface area is 241 Å². The fraction of sp³-hybridized carbons (Fsp3) is 0.438. The molecule has 188 valence electrons. The fourth-order valence-corrected chi connectivity index (χ4v) is 5.51. The Hall–Kier alpha value is -0.877. The van der Waals surface area contributed by atoms with Gasteiger partial charge in [-0.05, 0) is 24.7 Å². The standard InChI is InChI=1S/C23H29.C5H5.C4H6.2ClH.Zr/c1-14-9-16-11-17-10-15(2)21(23(6,7)8)13-19(17)18(16)12-20(14)22(3,4)5;1-2-4-5-3-1;1-2-4-3-1;;;/h9-13H,1-8H3;1-3H,4H2;1-3H2;2*1H;/q2*-1;;;;+2/p-2. The zero-order chi connectivity index (χ0) is 24.4. The van der Waals surface area contributed by atoms with Crippen LogP contribution in [0.3, 0.4) is 0 Å². The predicted molar refractivity (Wildman–Crippen MR) is 144 cm³/mol. The van der Waals surface area contributed by atoms with Crippen molar-refractivity contribution in [3.63, 3.8) is 0 Å². The van der Waals surface area contributed by atoms with E-state index < -0.39 is 0 Å². The minimum atomic E-state index is 0. The summed E-state index contributed by atoms with van der Waals surface area (Å²) in [7, 11) is 0. The van der Waals surface area contributed by atoms with Gasteiger partial charge in [-0.25, -0.2) is 12.2 Å². The summed E-state index contributed by atoms with van der Waals surface area (Å²) in [5, 5.41) is 5.55. The molecule has 0 N–H and O–H groups in total. The second kappa shape index (κ2) is 13.1. The molecule has 3 heteroatoms. The zero-order valence-electron chi connectivity index (χ0n) is 22.7. The number of aryl methyl sites for hydroxylation is 2. The SMILES string of the molecule is Cc1cc2[cH-]c3cc(C)c(C(C)(C)C)cc3c2cc1C(C)(C)C.[C-]1=CC=CC1.[Cl-].[Cl-].[Zr+2]=[C]1CCC1. The molecule has 0 bridgehead atoms. The second-order valence-corrected chi connectivity index (χ2v) is 13.4. The summed E-state index contributed by atoms with van der Waals surface area (Å²) in [4.78, 5) is 0. The van der Waals surface area contributed by atoms with Gasteiger partial charge in [-0.15, -0.1) is 46.2 Å². The number of allylic oxidation sites excluding steroid dienone is 4. The van der Waals surface area contributed by atoms with Gasteiger partial charge in [0.15, 0.2) is 0 Å². The van der Waals surface area contributed by atoms with E-state index in [0.29, 0.717) is 0 Å². The van der Waals surface area contributed by atoms with Crippen LogP contribution >= 0.6 is 0 Å². The third-order valence-corrected chi connectivity index (χ3v) is 7.78. The van der Waals surface area contributed by atoms with Crippen LogP contribution < -0.4 is 24.8 Å². The van der Waals surface area contributed by atoms with Gasteiger partial charge in [0.25, 0.3) is 0 Å². The first-order chi connectivity index (χ1) is 15.4. The first kappa shape index (κ1) is 32.2. The number of hydrogen-bond acceptors (Lipinski definition) is 0. The van der Waals surface area contributed by atoms with Gasteiger partial charge in [0, 0.05) is 0 Å². The second-order valence-electron chi connectivity index (χ2n) is 11.6. The van der Waals surface area contributed by atoms with Gasteiger partial charge < -0.3 is 24.8 Å². The monoisotopic (exact) mass is 584 g/mol. The van der Waals surface area contributed by atoms with Crippen LogP contribution in [-0.2, 0) is 35.1 Å². The number of fused-ring (bicyclic) bond motifs is 3. The van der Waals surface area contributed by atoms with E-state index in [1.54, 1.807) is 27.4 Å². The van der Waals surface area contributed by atoms with Crippen molar-refractivity contribution in [3.8, 4) is 0 Å². The number of halogens is 2. The van der Waals surface area contributed by atoms with Crippen LogP contribution in [0.2, 0.25) is 0 Å². The average molecular weight is 587 g/mol. The normalized spacial score (nSPS) is 14.4. The third kappa shape index (κ3) is 8.31. The molecule has 0 atom stereocenters. The van der Waals surface area contributed by atoms with E-state index in [9.17, 15) is 0 Å². The van der Waals surface area contributed by atoms with E-state index in [4.69, 9.17) is 0 Å². The van der Waals surface area contributed by atoms with E-state index in [1.807, 2.05) is 12.2 Å². The van der Waals surface area contributed by atoms with E-state index in [1.165, 1.54) is 63.1 Å². The molecule has 0 amide bonds. The number of benzene rings is 2. The molecule has 0 spiro atoms. The summed E-state index contributed by atoms with van der Waals surface area (Å²) in [6.07, 6.45) is 14.4. The first-order valence-electron chi connectivity index (χ1n) is 12.3. The molecular weight excluding hydrogens is 546 g/mol. The molecule has 2 aliphatic rings. The van der Waals surface area contributed by atoms with Crippen LogP contribution in [0.25, 0.3) is 21.5 Å². The fourth-order valence-electron chi connectivity index (χ4n) is 4.64. The maximum atomic E-state index is 2.99. The van der Waals surface area contributed by atoms with Crippen molar-refractivity contribution in [2.24, 2.45) is 0 Å². The first-order valence-corrected chi connectivity index (χ1v) is 13.5. The molecular formula is C32H40Cl2Zr-2. The Bertz CT molecular complexity index is 1120. The number of hydrogen-bond donors (Lipinski definition) is 0. The molecule has 2 aliphatic carbocycles. The molecule has 0 unspecified atom stereocenters. The van der Waals surface area contributed by atoms with Gasteiger partial charge in [-0.1, -0.05) is 75.9 Å². The maximum absolute atomic E-state index is 2.99. The van der Waals surface area contributed by atoms with Crippen LogP contribution in [0, 0.1) is 19.9 Å². The van der Waals surface area contributed by atoms with E-state index in [0.717, 1.165) is 6.42 Å². The molecule has 0 aliphatic heterocycles. The van der Waals surface area contributed by atoms with Gasteiger partial charge in [-0.3, -0.25) is 6.08 Å². The zero-order valence-corrected chi connectivity index (χ0v) is 26.7. The van der Waals surface area contributed by atoms with E-state index in [2.05, 4.69) is 97.9 Å². The Balaban J connectivity index is 0.000000423. The van der Waals surface area contributed by atoms with Gasteiger partial charge in [0.2, 0.25) is 0 Å². The van der Waals surface area contributed by atoms with Crippen molar-refractivity contribution >= 4 is 24.8 Å². The van der Waals surface area contributed by atoms with E-state index in [-0.39, 0.29) is 35.6 Å². The number of rotatable bonds is 0. The van der Waals surface area contributed by atoms with Crippen LogP contribution in [0.4, 0.5) is 0 Å². The van der Waals surface area contributed by atoms with Gasteiger partial charge in [0.05, 0.1) is 0 Å². The van der Waals surface area contributed by atoms with Crippen molar-refractivity contribution in [2.45, 2.75) is 91.9 Å². The molecule has 3 aromatic carbocycles. The van der Waals surface area contributed by atoms with Crippen LogP contribution in [-0.4, -0.2) is 3.21 Å². The average Bonchev–Trinajstić information content (AvgIpc) is 3.34. The molecule has 0 aromatic heterocycles. The van der Waals surface area contributed by atoms with Gasteiger partial charge in [-0.2, -0.15) is 6.08 Å². The van der Waals surface area contributed by atoms with Crippen molar-refractivity contribution in [1.82, 2.24) is 0 Å². The van der Waals surface area contributed by atoms with E-state index >= 15 is 0 Å². The molecule has 0 saturated heterocycles. The molecule has 0 radical (unpaired) electrons. The summed E-state index contributed by atoms with van der Waals surface area (Å²) in [5.41, 5.74) is 6.06. The van der Waals surface area contributed by atoms with Gasteiger partial charge in [0.1, 0.15) is 0 Å². The van der Waals surface area contributed by atoms with Crippen molar-refractivity contribution in [2.75, 3.05) is 0 Å². The Kier molecular flexibility index (Phi) is 12.0. The topological polar surface area (TPSA) is 0 Å². The van der Waals surface area contributed by atoms with Crippen LogP contribution in [0.15, 0.2) is 48.6 Å². The summed E-state index contributed by atoms with van der Waals surface area (Å²) >= 11 is 1.67. The molecule has 3 aromatic rings. The Morgan fingerprint density at radius 2 is 1.20 bits per heavy atom. The molecule has 0 heterocycles. The quantitative estimate of drug-likeness (QED) is 0.356.